The van der Waals surface area contributed by atoms with E-state index in [2.05, 4.69) is 9.80 Å². The van der Waals surface area contributed by atoms with Gasteiger partial charge in [0.15, 0.2) is 0 Å². The van der Waals surface area contributed by atoms with E-state index in [1.165, 1.54) is 19.4 Å². The third-order valence-corrected chi connectivity index (χ3v) is 4.36. The van der Waals surface area contributed by atoms with Crippen LogP contribution in [0, 0.1) is 0 Å². The maximum Gasteiger partial charge on any atom is 0.323 e. The summed E-state index contributed by atoms with van der Waals surface area (Å²) < 4.78 is 0. The van der Waals surface area contributed by atoms with Crippen LogP contribution in [0.2, 0.25) is 0 Å². The summed E-state index contributed by atoms with van der Waals surface area (Å²) in [6.07, 6.45) is 3.53. The molecule has 1 aromatic carbocycles. The van der Waals surface area contributed by atoms with E-state index in [1.807, 2.05) is 30.3 Å². The summed E-state index contributed by atoms with van der Waals surface area (Å²) in [5.41, 5.74) is 1.03. The van der Waals surface area contributed by atoms with Crippen LogP contribution in [0.1, 0.15) is 19.3 Å². The molecule has 2 aliphatic heterocycles. The molecule has 0 aromatic heterocycles. The van der Waals surface area contributed by atoms with Gasteiger partial charge in [0.05, 0.1) is 0 Å². The number of nitrogens with zero attached hydrogens (tertiary/aromatic N) is 2. The van der Waals surface area contributed by atoms with Crippen molar-refractivity contribution in [3.63, 3.8) is 0 Å². The molecule has 19 heavy (non-hydrogen) atoms. The molecule has 2 fully saturated rings. The van der Waals surface area contributed by atoms with E-state index < -0.39 is 5.97 Å². The van der Waals surface area contributed by atoms with Crippen molar-refractivity contribution in [1.29, 1.82) is 0 Å². The summed E-state index contributed by atoms with van der Waals surface area (Å²) in [5.74, 6) is -0.750. The third kappa shape index (κ3) is 2.45. The highest BCUT2D eigenvalue weighted by Crippen LogP contribution is 2.33. The molecule has 2 aliphatic rings. The van der Waals surface area contributed by atoms with Gasteiger partial charge in [-0.3, -0.25) is 9.69 Å². The lowest BCUT2D eigenvalue weighted by Crippen LogP contribution is -2.45. The number of hydrogen-bond donors (Lipinski definition) is 1. The third-order valence-electron chi connectivity index (χ3n) is 4.36. The smallest absolute Gasteiger partial charge is 0.323 e. The molecule has 2 saturated heterocycles. The van der Waals surface area contributed by atoms with Gasteiger partial charge in [0.25, 0.3) is 0 Å². The Morgan fingerprint density at radius 1 is 1.26 bits per heavy atom. The number of carboxylic acid groups (broad SMARTS) is 1. The SMILES string of the molecule is O=C(O)CN(c1ccccc1)C1CCN2CCCC12. The number of fused-ring (bicyclic) bond motifs is 1. The van der Waals surface area contributed by atoms with Gasteiger partial charge in [-0.2, -0.15) is 0 Å². The topological polar surface area (TPSA) is 43.8 Å². The Morgan fingerprint density at radius 3 is 2.79 bits per heavy atom. The van der Waals surface area contributed by atoms with Crippen LogP contribution < -0.4 is 4.90 Å². The minimum atomic E-state index is -0.750. The molecular formula is C15H20N2O2. The molecule has 0 bridgehead atoms. The first-order valence-electron chi connectivity index (χ1n) is 7.03. The van der Waals surface area contributed by atoms with Crippen LogP contribution in [0.5, 0.6) is 0 Å². The van der Waals surface area contributed by atoms with Gasteiger partial charge < -0.3 is 10.0 Å². The second-order valence-electron chi connectivity index (χ2n) is 5.46. The number of rotatable bonds is 4. The van der Waals surface area contributed by atoms with Crippen LogP contribution in [0.25, 0.3) is 0 Å². The van der Waals surface area contributed by atoms with Gasteiger partial charge in [0, 0.05) is 24.3 Å². The van der Waals surface area contributed by atoms with Gasteiger partial charge in [-0.25, -0.2) is 0 Å². The van der Waals surface area contributed by atoms with Gasteiger partial charge in [-0.15, -0.1) is 0 Å². The molecule has 2 heterocycles. The highest BCUT2D eigenvalue weighted by molar-refractivity contribution is 5.74. The zero-order valence-electron chi connectivity index (χ0n) is 11.0. The number of hydrogen-bond acceptors (Lipinski definition) is 3. The second kappa shape index (κ2) is 5.21. The Hall–Kier alpha value is -1.55. The van der Waals surface area contributed by atoms with E-state index >= 15 is 0 Å². The largest absolute Gasteiger partial charge is 0.480 e. The van der Waals surface area contributed by atoms with Crippen LogP contribution in [-0.4, -0.2) is 47.7 Å². The standard InChI is InChI=1S/C15H20N2O2/c18-15(19)11-17(12-5-2-1-3-6-12)14-8-10-16-9-4-7-13(14)16/h1-3,5-6,13-14H,4,7-11H2,(H,18,19). The highest BCUT2D eigenvalue weighted by Gasteiger charge is 2.40. The average Bonchev–Trinajstić information content (AvgIpc) is 2.99. The fourth-order valence-corrected chi connectivity index (χ4v) is 3.58. The maximum atomic E-state index is 11.2. The number of aliphatic carboxylic acids is 1. The second-order valence-corrected chi connectivity index (χ2v) is 5.46. The summed E-state index contributed by atoms with van der Waals surface area (Å²) in [7, 11) is 0. The zero-order valence-corrected chi connectivity index (χ0v) is 11.0. The number of para-hydroxylation sites is 1. The minimum Gasteiger partial charge on any atom is -0.480 e. The molecular weight excluding hydrogens is 240 g/mol. The quantitative estimate of drug-likeness (QED) is 0.896. The van der Waals surface area contributed by atoms with Gasteiger partial charge in [0.1, 0.15) is 6.54 Å². The van der Waals surface area contributed by atoms with E-state index in [0.717, 1.165) is 18.7 Å². The van der Waals surface area contributed by atoms with Gasteiger partial charge in [-0.05, 0) is 37.9 Å². The molecule has 4 heteroatoms. The monoisotopic (exact) mass is 260 g/mol. The van der Waals surface area contributed by atoms with E-state index in [-0.39, 0.29) is 6.54 Å². The zero-order chi connectivity index (χ0) is 13.2. The lowest BCUT2D eigenvalue weighted by Gasteiger charge is -2.33. The molecule has 0 saturated carbocycles. The lowest BCUT2D eigenvalue weighted by molar-refractivity contribution is -0.135. The number of benzene rings is 1. The van der Waals surface area contributed by atoms with Crippen molar-refractivity contribution in [2.75, 3.05) is 24.5 Å². The Labute approximate surface area is 113 Å². The van der Waals surface area contributed by atoms with Crippen molar-refractivity contribution in [3.8, 4) is 0 Å². The Balaban J connectivity index is 1.85. The minimum absolute atomic E-state index is 0.0962. The fourth-order valence-electron chi connectivity index (χ4n) is 3.58. The number of anilines is 1. The molecule has 0 spiro atoms. The van der Waals surface area contributed by atoms with E-state index in [1.54, 1.807) is 0 Å². The molecule has 1 aromatic rings. The first kappa shape index (κ1) is 12.5. The Kier molecular flexibility index (Phi) is 3.42. The van der Waals surface area contributed by atoms with Crippen molar-refractivity contribution < 1.29 is 9.90 Å². The van der Waals surface area contributed by atoms with Gasteiger partial charge >= 0.3 is 5.97 Å². The predicted octanol–water partition coefficient (Wildman–Crippen LogP) is 1.81. The summed E-state index contributed by atoms with van der Waals surface area (Å²) in [6, 6.07) is 10.8. The van der Waals surface area contributed by atoms with Crippen LogP contribution in [-0.2, 0) is 4.79 Å². The van der Waals surface area contributed by atoms with Crippen molar-refractivity contribution >= 4 is 11.7 Å². The van der Waals surface area contributed by atoms with Gasteiger partial charge in [-0.1, -0.05) is 18.2 Å². The predicted molar refractivity (Wildman–Crippen MR) is 74.4 cm³/mol. The van der Waals surface area contributed by atoms with Crippen LogP contribution in [0.15, 0.2) is 30.3 Å². The Bertz CT molecular complexity index is 449. The molecule has 1 N–H and O–H groups in total. The van der Waals surface area contributed by atoms with Crippen LogP contribution in [0.3, 0.4) is 0 Å². The summed E-state index contributed by atoms with van der Waals surface area (Å²) in [4.78, 5) is 15.8. The fraction of sp³-hybridized carbons (Fsp3) is 0.533. The summed E-state index contributed by atoms with van der Waals surface area (Å²) in [5, 5.41) is 9.19. The number of carbonyl (C=O) groups is 1. The molecule has 2 unspecified atom stereocenters. The van der Waals surface area contributed by atoms with Crippen molar-refractivity contribution in [1.82, 2.24) is 4.90 Å². The first-order chi connectivity index (χ1) is 9.25. The Morgan fingerprint density at radius 2 is 2.05 bits per heavy atom. The van der Waals surface area contributed by atoms with Crippen LogP contribution in [0.4, 0.5) is 5.69 Å². The number of carboxylic acids is 1. The molecule has 0 aliphatic carbocycles. The van der Waals surface area contributed by atoms with E-state index in [0.29, 0.717) is 12.1 Å². The molecule has 4 nitrogen and oxygen atoms in total. The first-order valence-corrected chi connectivity index (χ1v) is 7.03. The van der Waals surface area contributed by atoms with E-state index in [4.69, 9.17) is 0 Å². The summed E-state index contributed by atoms with van der Waals surface area (Å²) >= 11 is 0. The van der Waals surface area contributed by atoms with Gasteiger partial charge in [0.2, 0.25) is 0 Å². The average molecular weight is 260 g/mol. The molecule has 2 atom stereocenters. The summed E-state index contributed by atoms with van der Waals surface area (Å²) in [6.45, 7) is 2.38. The maximum absolute atomic E-state index is 11.2. The highest BCUT2D eigenvalue weighted by atomic mass is 16.4. The lowest BCUT2D eigenvalue weighted by atomic mass is 10.0. The van der Waals surface area contributed by atoms with Crippen LogP contribution >= 0.6 is 0 Å². The molecule has 0 amide bonds. The van der Waals surface area contributed by atoms with Crippen molar-refractivity contribution in [3.05, 3.63) is 30.3 Å². The molecule has 102 valence electrons. The van der Waals surface area contributed by atoms with Crippen molar-refractivity contribution in [2.24, 2.45) is 0 Å². The van der Waals surface area contributed by atoms with Crippen molar-refractivity contribution in [2.45, 2.75) is 31.3 Å². The molecule has 0 radical (unpaired) electrons. The molecule has 3 rings (SSSR count). The van der Waals surface area contributed by atoms with E-state index in [9.17, 15) is 9.90 Å². The normalized spacial score (nSPS) is 26.3.